The molecule has 0 radical (unpaired) electrons. The first-order valence-electron chi connectivity index (χ1n) is 8.69. The van der Waals surface area contributed by atoms with Gasteiger partial charge in [0, 0.05) is 0 Å². The molecule has 0 saturated carbocycles. The van der Waals surface area contributed by atoms with E-state index in [1.807, 2.05) is 0 Å². The van der Waals surface area contributed by atoms with E-state index in [9.17, 15) is 14.4 Å². The zero-order chi connectivity index (χ0) is 20.1. The molecule has 0 N–H and O–H groups in total. The first-order valence-corrected chi connectivity index (χ1v) is 10.2. The lowest BCUT2D eigenvalue weighted by atomic mass is 10.1. The smallest absolute Gasteiger partial charge is 0.326 e. The van der Waals surface area contributed by atoms with Gasteiger partial charge in [-0.2, -0.15) is 0 Å². The van der Waals surface area contributed by atoms with Gasteiger partial charge in [-0.3, -0.25) is 19.3 Å². The molecule has 9 heteroatoms. The number of hydrogen-bond acceptors (Lipinski definition) is 4. The first-order chi connectivity index (χ1) is 12.8. The summed E-state index contributed by atoms with van der Waals surface area (Å²) in [7, 11) is 0. The average Bonchev–Trinajstić information content (AvgIpc) is 2.88. The van der Waals surface area contributed by atoms with Crippen LogP contribution in [0.3, 0.4) is 0 Å². The van der Waals surface area contributed by atoms with Gasteiger partial charge in [0.1, 0.15) is 6.54 Å². The van der Waals surface area contributed by atoms with E-state index in [1.165, 1.54) is 12.8 Å². The van der Waals surface area contributed by atoms with Gasteiger partial charge in [0.05, 0.1) is 37.8 Å². The Balaban J connectivity index is 1.96. The van der Waals surface area contributed by atoms with Crippen molar-refractivity contribution in [2.75, 3.05) is 13.2 Å². The predicted octanol–water partition coefficient (Wildman–Crippen LogP) is 5.80. The molecule has 0 bridgehead atoms. The molecule has 0 aromatic heterocycles. The Morgan fingerprint density at radius 3 is 1.81 bits per heavy atom. The maximum Gasteiger partial charge on any atom is 0.326 e. The van der Waals surface area contributed by atoms with Crippen LogP contribution in [0.5, 0.6) is 0 Å². The topological polar surface area (TPSA) is 63.7 Å². The van der Waals surface area contributed by atoms with Crippen LogP contribution in [0, 0.1) is 0 Å². The number of imide groups is 1. The fourth-order valence-electron chi connectivity index (χ4n) is 2.78. The third-order valence-corrected chi connectivity index (χ3v) is 6.04. The normalized spacial score (nSPS) is 13.3. The number of halogens is 4. The Kier molecular flexibility index (Phi) is 8.22. The number of rotatable bonds is 9. The number of ether oxygens (including phenoxy) is 1. The number of carbonyl (C=O) groups is 3. The number of hydrogen-bond donors (Lipinski definition) is 0. The van der Waals surface area contributed by atoms with E-state index in [1.54, 1.807) is 0 Å². The number of fused-ring (bicyclic) bond motifs is 1. The van der Waals surface area contributed by atoms with Crippen molar-refractivity contribution in [2.24, 2.45) is 0 Å². The molecule has 0 aliphatic carbocycles. The molecule has 0 fully saturated rings. The van der Waals surface area contributed by atoms with Gasteiger partial charge in [-0.1, -0.05) is 85.4 Å². The third-order valence-electron chi connectivity index (χ3n) is 4.23. The summed E-state index contributed by atoms with van der Waals surface area (Å²) in [5.41, 5.74) is -0.297. The van der Waals surface area contributed by atoms with Crippen LogP contribution in [0.1, 0.15) is 66.2 Å². The van der Waals surface area contributed by atoms with Crippen molar-refractivity contribution in [3.63, 3.8) is 0 Å². The highest BCUT2D eigenvalue weighted by Crippen LogP contribution is 2.44. The number of unbranched alkanes of at least 4 members (excludes halogenated alkanes) is 5. The molecule has 1 aliphatic rings. The number of amides is 2. The minimum atomic E-state index is -0.753. The van der Waals surface area contributed by atoms with Gasteiger partial charge in [-0.25, -0.2) is 0 Å². The molecule has 1 aromatic rings. The van der Waals surface area contributed by atoms with Crippen molar-refractivity contribution in [2.45, 2.75) is 45.4 Å². The SMILES string of the molecule is CCCCCCCCOC(=O)CN1C(=O)c2c(Cl)c(Cl)c(Cl)c(Cl)c2C1=O. The quantitative estimate of drug-likeness (QED) is 0.155. The number of benzene rings is 1. The van der Waals surface area contributed by atoms with Crippen LogP contribution in [0.15, 0.2) is 0 Å². The molecule has 2 rings (SSSR count). The number of nitrogens with zero attached hydrogens (tertiary/aromatic N) is 1. The first kappa shape index (κ1) is 22.3. The van der Waals surface area contributed by atoms with Crippen LogP contribution >= 0.6 is 46.4 Å². The fraction of sp³-hybridized carbons (Fsp3) is 0.500. The largest absolute Gasteiger partial charge is 0.464 e. The molecule has 0 spiro atoms. The summed E-state index contributed by atoms with van der Waals surface area (Å²) in [5.74, 6) is -2.18. The van der Waals surface area contributed by atoms with Crippen LogP contribution in [-0.4, -0.2) is 35.8 Å². The molecule has 1 heterocycles. The van der Waals surface area contributed by atoms with Crippen molar-refractivity contribution in [1.29, 1.82) is 0 Å². The Morgan fingerprint density at radius 2 is 1.30 bits per heavy atom. The molecule has 0 atom stereocenters. The van der Waals surface area contributed by atoms with Crippen molar-refractivity contribution in [3.8, 4) is 0 Å². The van der Waals surface area contributed by atoms with E-state index in [4.69, 9.17) is 51.1 Å². The second-order valence-corrected chi connectivity index (χ2v) is 7.70. The van der Waals surface area contributed by atoms with Gasteiger partial charge in [0.15, 0.2) is 0 Å². The summed E-state index contributed by atoms with van der Waals surface area (Å²) in [4.78, 5) is 37.7. The molecule has 1 aromatic carbocycles. The van der Waals surface area contributed by atoms with Crippen LogP contribution in [0.2, 0.25) is 20.1 Å². The Labute approximate surface area is 177 Å². The van der Waals surface area contributed by atoms with Gasteiger partial charge in [-0.15, -0.1) is 0 Å². The van der Waals surface area contributed by atoms with E-state index in [0.717, 1.165) is 30.6 Å². The minimum Gasteiger partial charge on any atom is -0.464 e. The van der Waals surface area contributed by atoms with Gasteiger partial charge >= 0.3 is 5.97 Å². The molecule has 148 valence electrons. The highest BCUT2D eigenvalue weighted by Gasteiger charge is 2.42. The van der Waals surface area contributed by atoms with Crippen LogP contribution in [0.25, 0.3) is 0 Å². The molecule has 2 amide bonds. The van der Waals surface area contributed by atoms with Crippen molar-refractivity contribution < 1.29 is 19.1 Å². The predicted molar refractivity (Wildman–Crippen MR) is 106 cm³/mol. The molecule has 27 heavy (non-hydrogen) atoms. The highest BCUT2D eigenvalue weighted by atomic mass is 35.5. The lowest BCUT2D eigenvalue weighted by Gasteiger charge is -2.13. The lowest BCUT2D eigenvalue weighted by Crippen LogP contribution is -2.35. The summed E-state index contributed by atoms with van der Waals surface area (Å²) in [6.45, 7) is 1.86. The summed E-state index contributed by atoms with van der Waals surface area (Å²) in [6, 6.07) is 0. The second kappa shape index (κ2) is 9.97. The molecule has 5 nitrogen and oxygen atoms in total. The average molecular weight is 455 g/mol. The third kappa shape index (κ3) is 4.89. The minimum absolute atomic E-state index is 0.115. The van der Waals surface area contributed by atoms with Crippen LogP contribution in [-0.2, 0) is 9.53 Å². The van der Waals surface area contributed by atoms with Gasteiger partial charge < -0.3 is 4.74 Å². The number of carbonyl (C=O) groups excluding carboxylic acids is 3. The monoisotopic (exact) mass is 453 g/mol. The van der Waals surface area contributed by atoms with E-state index >= 15 is 0 Å². The molecule has 0 saturated heterocycles. The van der Waals surface area contributed by atoms with Crippen LogP contribution < -0.4 is 0 Å². The lowest BCUT2D eigenvalue weighted by molar-refractivity contribution is -0.144. The Bertz CT molecular complexity index is 719. The summed E-state index contributed by atoms with van der Waals surface area (Å²) in [6.07, 6.45) is 6.30. The molecule has 0 unspecified atom stereocenters. The van der Waals surface area contributed by atoms with E-state index in [2.05, 4.69) is 6.92 Å². The maximum absolute atomic E-state index is 12.5. The molecular formula is C18H19Cl4NO4. The maximum atomic E-state index is 12.5. The van der Waals surface area contributed by atoms with Crippen LogP contribution in [0.4, 0.5) is 0 Å². The summed E-state index contributed by atoms with van der Waals surface area (Å²) in [5, 5.41) is -0.559. The standard InChI is InChI=1S/C18H19Cl4NO4/c1-2-3-4-5-6-7-8-27-10(24)9-23-17(25)11-12(18(23)26)14(20)16(22)15(21)13(11)19/h2-9H2,1H3. The molecular weight excluding hydrogens is 436 g/mol. The molecule has 1 aliphatic heterocycles. The van der Waals surface area contributed by atoms with E-state index in [-0.39, 0.29) is 37.8 Å². The second-order valence-electron chi connectivity index (χ2n) is 6.19. The summed E-state index contributed by atoms with van der Waals surface area (Å²) < 4.78 is 5.11. The van der Waals surface area contributed by atoms with Crippen molar-refractivity contribution >= 4 is 64.2 Å². The van der Waals surface area contributed by atoms with Crippen molar-refractivity contribution in [3.05, 3.63) is 31.2 Å². The zero-order valence-electron chi connectivity index (χ0n) is 14.7. The Hall–Kier alpha value is -1.01. The van der Waals surface area contributed by atoms with Crippen molar-refractivity contribution in [1.82, 2.24) is 4.90 Å². The fourth-order valence-corrected chi connectivity index (χ4v) is 3.80. The van der Waals surface area contributed by atoms with E-state index in [0.29, 0.717) is 0 Å². The number of esters is 1. The zero-order valence-corrected chi connectivity index (χ0v) is 17.8. The highest BCUT2D eigenvalue weighted by molar-refractivity contribution is 6.55. The Morgan fingerprint density at radius 1 is 0.815 bits per heavy atom. The summed E-state index contributed by atoms with van der Waals surface area (Å²) >= 11 is 24.0. The van der Waals surface area contributed by atoms with Gasteiger partial charge in [0.25, 0.3) is 11.8 Å². The van der Waals surface area contributed by atoms with E-state index < -0.39 is 24.3 Å². The van der Waals surface area contributed by atoms with Gasteiger partial charge in [0.2, 0.25) is 0 Å². The van der Waals surface area contributed by atoms with Gasteiger partial charge in [-0.05, 0) is 6.42 Å².